The third kappa shape index (κ3) is 4.40. The zero-order valence-corrected chi connectivity index (χ0v) is 24.4. The van der Waals surface area contributed by atoms with E-state index in [-0.39, 0.29) is 0 Å². The van der Waals surface area contributed by atoms with Crippen LogP contribution in [0.1, 0.15) is 41.1 Å². The average molecular weight is 653 g/mol. The summed E-state index contributed by atoms with van der Waals surface area (Å²) in [4.78, 5) is 0. The van der Waals surface area contributed by atoms with Crippen molar-refractivity contribution in [3.63, 3.8) is 0 Å². The zero-order valence-electron chi connectivity index (χ0n) is 54.4. The van der Waals surface area contributed by atoms with Gasteiger partial charge in [0.2, 0.25) is 0 Å². The van der Waals surface area contributed by atoms with E-state index in [4.69, 9.17) is 29.1 Å². The fraction of sp³-hybridized carbons (Fsp3) is 0. The molecule has 0 amide bonds. The Morgan fingerprint density at radius 1 is 0.327 bits per heavy atom. The molecule has 0 spiro atoms. The standard InChI is InChI=1S/C48H30O/c1-2-13-31(14-3-1)36-17-6-7-18-38(36)47-41-21-10-8-19-39(41)46(40-20-9-11-22-42(40)47)33-27-25-32(26-28-33)37-23-12-24-44-48(37)43-29-34-15-4-5-16-35(34)30-45(43)49-44/h1-30H/i1D,2D,3D,4D,5D,6D,7D,8D,9D,10D,11D,12D,13D,14D,15D,16D,17D,18D,19D,20D,21D,22D,23D,24D,25D,26D,27D,28D,29D,30D. The molecule has 0 saturated heterocycles. The van der Waals surface area contributed by atoms with E-state index < -0.39 is 280 Å². The lowest BCUT2D eigenvalue weighted by Crippen LogP contribution is -1.92. The Morgan fingerprint density at radius 3 is 1.53 bits per heavy atom. The van der Waals surface area contributed by atoms with Gasteiger partial charge in [0.1, 0.15) is 11.2 Å². The molecule has 0 unspecified atom stereocenters. The highest BCUT2D eigenvalue weighted by atomic mass is 16.3. The Balaban J connectivity index is 1.45. The third-order valence-electron chi connectivity index (χ3n) is 7.89. The predicted molar refractivity (Wildman–Crippen MR) is 208 cm³/mol. The molecule has 0 aliphatic carbocycles. The van der Waals surface area contributed by atoms with Crippen molar-refractivity contribution in [2.45, 2.75) is 0 Å². The summed E-state index contributed by atoms with van der Waals surface area (Å²) in [6, 6.07) is -29.4. The van der Waals surface area contributed by atoms with Gasteiger partial charge in [0.25, 0.3) is 0 Å². The highest BCUT2D eigenvalue weighted by molar-refractivity contribution is 6.22. The molecular formula is C48H30O. The molecule has 0 aliphatic rings. The fourth-order valence-corrected chi connectivity index (χ4v) is 5.85. The lowest BCUT2D eigenvalue weighted by Gasteiger charge is -2.20. The first-order valence-corrected chi connectivity index (χ1v) is 14.4. The molecular weight excluding hydrogens is 593 g/mol. The van der Waals surface area contributed by atoms with E-state index in [2.05, 4.69) is 0 Å². The molecule has 0 saturated carbocycles. The van der Waals surface area contributed by atoms with Gasteiger partial charge in [0, 0.05) is 10.8 Å². The number of benzene rings is 9. The summed E-state index contributed by atoms with van der Waals surface area (Å²) in [7, 11) is 0. The van der Waals surface area contributed by atoms with Gasteiger partial charge in [-0.3, -0.25) is 0 Å². The van der Waals surface area contributed by atoms with Crippen LogP contribution in [0.3, 0.4) is 0 Å². The summed E-state index contributed by atoms with van der Waals surface area (Å²) in [5, 5.41) is -5.32. The van der Waals surface area contributed by atoms with Crippen LogP contribution in [0.5, 0.6) is 0 Å². The summed E-state index contributed by atoms with van der Waals surface area (Å²) >= 11 is 0. The summed E-state index contributed by atoms with van der Waals surface area (Å²) in [5.74, 6) is 0. The minimum atomic E-state index is -1.15. The van der Waals surface area contributed by atoms with Crippen LogP contribution in [-0.2, 0) is 0 Å². The molecule has 10 aromatic rings. The van der Waals surface area contributed by atoms with Gasteiger partial charge >= 0.3 is 0 Å². The van der Waals surface area contributed by atoms with Crippen molar-refractivity contribution < 1.29 is 45.5 Å². The molecule has 0 bridgehead atoms. The largest absolute Gasteiger partial charge is 0.456 e. The van der Waals surface area contributed by atoms with E-state index in [0.717, 1.165) is 0 Å². The van der Waals surface area contributed by atoms with Gasteiger partial charge in [-0.2, -0.15) is 0 Å². The Labute approximate surface area is 326 Å². The number of rotatable bonds is 4. The fourth-order valence-electron chi connectivity index (χ4n) is 5.85. The van der Waals surface area contributed by atoms with Gasteiger partial charge in [-0.15, -0.1) is 0 Å². The van der Waals surface area contributed by atoms with Crippen LogP contribution in [0.4, 0.5) is 0 Å². The number of hydrogen-bond donors (Lipinski definition) is 0. The Kier molecular flexibility index (Phi) is 2.50. The van der Waals surface area contributed by atoms with E-state index in [9.17, 15) is 16.4 Å². The van der Waals surface area contributed by atoms with E-state index in [1.165, 1.54) is 0 Å². The summed E-state index contributed by atoms with van der Waals surface area (Å²) in [5.41, 5.74) is -7.97. The quantitative estimate of drug-likeness (QED) is 0.172. The smallest absolute Gasteiger partial charge is 0.136 e. The van der Waals surface area contributed by atoms with Crippen LogP contribution in [0.15, 0.2) is 186 Å². The molecule has 0 aliphatic heterocycles. The van der Waals surface area contributed by atoms with E-state index in [1.54, 1.807) is 0 Å². The van der Waals surface area contributed by atoms with Crippen LogP contribution < -0.4 is 0 Å². The molecule has 0 radical (unpaired) electrons. The second kappa shape index (κ2) is 11.1. The number of furan rings is 1. The Hall–Kier alpha value is -6.44. The number of hydrogen-bond acceptors (Lipinski definition) is 1. The molecule has 228 valence electrons. The molecule has 1 nitrogen and oxygen atoms in total. The Bertz CT molecular complexity index is 4460. The molecule has 0 fully saturated rings. The molecule has 0 atom stereocenters. The Morgan fingerprint density at radius 2 is 0.837 bits per heavy atom. The van der Waals surface area contributed by atoms with Crippen molar-refractivity contribution >= 4 is 54.3 Å². The predicted octanol–water partition coefficient (Wildman–Crippen LogP) is 13.7. The molecule has 1 aromatic heterocycles. The van der Waals surface area contributed by atoms with Crippen LogP contribution in [0, 0.1) is 0 Å². The minimum absolute atomic E-state index is 0.472. The average Bonchev–Trinajstić information content (AvgIpc) is 4.02. The van der Waals surface area contributed by atoms with E-state index >= 15 is 0 Å². The lowest BCUT2D eigenvalue weighted by molar-refractivity contribution is 0.669. The van der Waals surface area contributed by atoms with Crippen LogP contribution in [-0.4, -0.2) is 0 Å². The van der Waals surface area contributed by atoms with Crippen LogP contribution in [0.2, 0.25) is 0 Å². The minimum Gasteiger partial charge on any atom is -0.456 e. The second-order valence-corrected chi connectivity index (χ2v) is 10.5. The summed E-state index contributed by atoms with van der Waals surface area (Å²) in [6.45, 7) is 0. The van der Waals surface area contributed by atoms with Crippen molar-refractivity contribution in [3.05, 3.63) is 181 Å². The normalized spacial score (nSPS) is 20.2. The molecule has 49 heavy (non-hydrogen) atoms. The summed E-state index contributed by atoms with van der Waals surface area (Å²) < 4.78 is 276. The molecule has 1 heterocycles. The third-order valence-corrected chi connectivity index (χ3v) is 7.89. The first-order chi connectivity index (χ1) is 36.8. The van der Waals surface area contributed by atoms with Crippen molar-refractivity contribution in [3.8, 4) is 44.5 Å². The highest BCUT2D eigenvalue weighted by Crippen LogP contribution is 2.46. The van der Waals surface area contributed by atoms with Crippen molar-refractivity contribution in [2.24, 2.45) is 0 Å². The molecule has 0 N–H and O–H groups in total. The maximum absolute atomic E-state index is 9.73. The lowest BCUT2D eigenvalue weighted by atomic mass is 9.83. The van der Waals surface area contributed by atoms with Crippen LogP contribution >= 0.6 is 0 Å². The van der Waals surface area contributed by atoms with Gasteiger partial charge in [0.05, 0.1) is 41.1 Å². The molecule has 10 rings (SSSR count). The van der Waals surface area contributed by atoms with Gasteiger partial charge < -0.3 is 4.42 Å². The van der Waals surface area contributed by atoms with E-state index in [1.807, 2.05) is 0 Å². The zero-order chi connectivity index (χ0) is 58.4. The highest BCUT2D eigenvalue weighted by Gasteiger charge is 2.19. The second-order valence-electron chi connectivity index (χ2n) is 10.5. The monoisotopic (exact) mass is 652 g/mol. The van der Waals surface area contributed by atoms with Gasteiger partial charge in [0.15, 0.2) is 0 Å². The number of fused-ring (bicyclic) bond motifs is 6. The van der Waals surface area contributed by atoms with Gasteiger partial charge in [-0.25, -0.2) is 0 Å². The van der Waals surface area contributed by atoms with Crippen molar-refractivity contribution in [1.82, 2.24) is 0 Å². The van der Waals surface area contributed by atoms with Gasteiger partial charge in [-0.05, 0) is 95.0 Å². The molecule has 9 aromatic carbocycles. The SMILES string of the molecule is [2H]c1c([2H])c([2H])c(-c2c([2H])c([2H])c([2H])c([2H])c2-c2c3c([2H])c([2H])c([2H])c([2H])c3c(-c3c([2H])c([2H])c(-c4c([2H])c([2H])c([2H])c5oc6c([2H])c7c([2H])c([2H])c([2H])c([2H])c7c([2H])c6c45)c([2H])c3[2H])c3c([2H])c([2H])c([2H])c([2H])c23)c([2H])c1[2H]. The topological polar surface area (TPSA) is 13.1 Å². The maximum Gasteiger partial charge on any atom is 0.136 e. The van der Waals surface area contributed by atoms with Crippen molar-refractivity contribution in [2.75, 3.05) is 0 Å². The van der Waals surface area contributed by atoms with E-state index in [0.29, 0.717) is 0 Å². The maximum atomic E-state index is 9.73. The molecule has 1 heteroatoms. The van der Waals surface area contributed by atoms with Gasteiger partial charge in [-0.1, -0.05) is 163 Å². The first kappa shape index (κ1) is 11.1. The van der Waals surface area contributed by atoms with Crippen molar-refractivity contribution in [1.29, 1.82) is 0 Å². The summed E-state index contributed by atoms with van der Waals surface area (Å²) in [6.07, 6.45) is 0. The first-order valence-electron chi connectivity index (χ1n) is 29.4. The van der Waals surface area contributed by atoms with Crippen LogP contribution in [0.25, 0.3) is 98.8 Å².